The molecule has 2 aromatic carbocycles. The number of nitrogens with zero attached hydrogens (tertiary/aromatic N) is 3. The van der Waals surface area contributed by atoms with Gasteiger partial charge in [0, 0.05) is 19.2 Å². The molecule has 0 aliphatic rings. The molecule has 0 fully saturated rings. The lowest BCUT2D eigenvalue weighted by Crippen LogP contribution is -2.28. The number of rotatable bonds is 9. The first kappa shape index (κ1) is 21.6. The van der Waals surface area contributed by atoms with Crippen molar-refractivity contribution in [1.29, 1.82) is 0 Å². The van der Waals surface area contributed by atoms with Crippen molar-refractivity contribution in [1.82, 2.24) is 25.4 Å². The Balaban J connectivity index is 1.47. The highest BCUT2D eigenvalue weighted by Crippen LogP contribution is 2.19. The summed E-state index contributed by atoms with van der Waals surface area (Å²) in [4.78, 5) is 24.5. The Morgan fingerprint density at radius 3 is 2.40 bits per heavy atom. The summed E-state index contributed by atoms with van der Waals surface area (Å²) in [7, 11) is 1.83. The molecular formula is C22H25N5O2S. The minimum absolute atomic E-state index is 0.0501. The number of carbonyl (C=O) groups excluding carboxylic acids is 2. The summed E-state index contributed by atoms with van der Waals surface area (Å²) in [6.45, 7) is 2.45. The molecule has 0 bridgehead atoms. The fourth-order valence-corrected chi connectivity index (χ4v) is 3.68. The summed E-state index contributed by atoms with van der Waals surface area (Å²) in [5, 5.41) is 14.8. The van der Waals surface area contributed by atoms with Crippen molar-refractivity contribution in [3.8, 4) is 0 Å². The van der Waals surface area contributed by atoms with Crippen LogP contribution in [0.1, 0.15) is 34.7 Å². The van der Waals surface area contributed by atoms with Crippen molar-refractivity contribution in [2.75, 3.05) is 12.3 Å². The number of nitrogens with one attached hydrogen (secondary N) is 2. The number of hydrogen-bond donors (Lipinski definition) is 2. The lowest BCUT2D eigenvalue weighted by atomic mass is 10.1. The van der Waals surface area contributed by atoms with Gasteiger partial charge in [0.1, 0.15) is 0 Å². The Kier molecular flexibility index (Phi) is 7.62. The van der Waals surface area contributed by atoms with Crippen LogP contribution in [0, 0.1) is 0 Å². The highest BCUT2D eigenvalue weighted by molar-refractivity contribution is 7.99. The van der Waals surface area contributed by atoms with Gasteiger partial charge in [-0.3, -0.25) is 9.59 Å². The summed E-state index contributed by atoms with van der Waals surface area (Å²) < 4.78 is 1.80. The molecule has 156 valence electrons. The summed E-state index contributed by atoms with van der Waals surface area (Å²) in [6.07, 6.45) is 0.796. The van der Waals surface area contributed by atoms with Crippen LogP contribution in [0.2, 0.25) is 0 Å². The maximum absolute atomic E-state index is 12.3. The predicted molar refractivity (Wildman–Crippen MR) is 117 cm³/mol. The molecule has 3 aromatic rings. The molecule has 7 nitrogen and oxygen atoms in total. The zero-order chi connectivity index (χ0) is 21.3. The molecule has 1 heterocycles. The largest absolute Gasteiger partial charge is 0.355 e. The number of benzene rings is 2. The Morgan fingerprint density at radius 1 is 1.03 bits per heavy atom. The third-order valence-corrected chi connectivity index (χ3v) is 5.57. The second-order valence-corrected chi connectivity index (χ2v) is 7.78. The van der Waals surface area contributed by atoms with Crippen LogP contribution >= 0.6 is 11.8 Å². The van der Waals surface area contributed by atoms with E-state index in [2.05, 4.69) is 20.8 Å². The van der Waals surface area contributed by atoms with Gasteiger partial charge in [0.25, 0.3) is 5.91 Å². The Hall–Kier alpha value is -3.13. The minimum Gasteiger partial charge on any atom is -0.355 e. The van der Waals surface area contributed by atoms with E-state index in [0.29, 0.717) is 23.1 Å². The van der Waals surface area contributed by atoms with Gasteiger partial charge in [-0.25, -0.2) is 0 Å². The van der Waals surface area contributed by atoms with Crippen LogP contribution in [0.5, 0.6) is 0 Å². The van der Waals surface area contributed by atoms with E-state index < -0.39 is 0 Å². The molecule has 0 saturated carbocycles. The molecule has 0 spiro atoms. The third-order valence-electron chi connectivity index (χ3n) is 4.55. The first-order chi connectivity index (χ1) is 14.5. The van der Waals surface area contributed by atoms with Crippen LogP contribution in [-0.2, 0) is 18.3 Å². The fourth-order valence-electron chi connectivity index (χ4n) is 2.94. The maximum Gasteiger partial charge on any atom is 0.251 e. The van der Waals surface area contributed by atoms with Gasteiger partial charge < -0.3 is 15.2 Å². The molecule has 1 aromatic heterocycles. The van der Waals surface area contributed by atoms with Crippen LogP contribution in [0.25, 0.3) is 0 Å². The van der Waals surface area contributed by atoms with E-state index in [4.69, 9.17) is 0 Å². The summed E-state index contributed by atoms with van der Waals surface area (Å²) >= 11 is 1.32. The molecule has 0 radical (unpaired) electrons. The van der Waals surface area contributed by atoms with E-state index in [1.807, 2.05) is 62.5 Å². The van der Waals surface area contributed by atoms with Crippen LogP contribution in [0.15, 0.2) is 65.8 Å². The third kappa shape index (κ3) is 5.93. The lowest BCUT2D eigenvalue weighted by Gasteiger charge is -2.13. The maximum atomic E-state index is 12.3. The van der Waals surface area contributed by atoms with Crippen molar-refractivity contribution in [2.45, 2.75) is 24.5 Å². The Morgan fingerprint density at radius 2 is 1.70 bits per heavy atom. The van der Waals surface area contributed by atoms with Gasteiger partial charge in [0.05, 0.1) is 11.8 Å². The zero-order valence-electron chi connectivity index (χ0n) is 17.0. The molecule has 0 unspecified atom stereocenters. The van der Waals surface area contributed by atoms with E-state index in [1.54, 1.807) is 16.7 Å². The van der Waals surface area contributed by atoms with Crippen molar-refractivity contribution in [2.24, 2.45) is 7.05 Å². The molecule has 8 heteroatoms. The molecule has 0 aliphatic carbocycles. The van der Waals surface area contributed by atoms with Gasteiger partial charge in [0.15, 0.2) is 11.0 Å². The standard InChI is InChI=1S/C22H25N5O2S/c1-16(24-21(29)18-11-7-4-8-12-18)20-25-26-22(27(20)2)30-15-19(28)23-14-13-17-9-5-3-6-10-17/h3-12,16H,13-15H2,1-2H3,(H,23,28)(H,24,29)/t16-/m0/s1. The number of aromatic nitrogens is 3. The summed E-state index contributed by atoms with van der Waals surface area (Å²) in [6, 6.07) is 18.7. The van der Waals surface area contributed by atoms with E-state index in [9.17, 15) is 9.59 Å². The SMILES string of the molecule is C[C@H](NC(=O)c1ccccc1)c1nnc(SCC(=O)NCCc2ccccc2)n1C. The fraction of sp³-hybridized carbons (Fsp3) is 0.273. The highest BCUT2D eigenvalue weighted by atomic mass is 32.2. The Bertz CT molecular complexity index is 976. The highest BCUT2D eigenvalue weighted by Gasteiger charge is 2.18. The summed E-state index contributed by atoms with van der Waals surface area (Å²) in [5.41, 5.74) is 1.78. The van der Waals surface area contributed by atoms with E-state index in [1.165, 1.54) is 17.3 Å². The second kappa shape index (κ2) is 10.6. The molecule has 30 heavy (non-hydrogen) atoms. The van der Waals surface area contributed by atoms with E-state index in [-0.39, 0.29) is 23.6 Å². The van der Waals surface area contributed by atoms with Gasteiger partial charge in [-0.1, -0.05) is 60.3 Å². The smallest absolute Gasteiger partial charge is 0.251 e. The topological polar surface area (TPSA) is 88.9 Å². The van der Waals surface area contributed by atoms with Crippen LogP contribution in [0.4, 0.5) is 0 Å². The quantitative estimate of drug-likeness (QED) is 0.517. The first-order valence-corrected chi connectivity index (χ1v) is 10.7. The van der Waals surface area contributed by atoms with Crippen molar-refractivity contribution >= 4 is 23.6 Å². The van der Waals surface area contributed by atoms with Gasteiger partial charge >= 0.3 is 0 Å². The van der Waals surface area contributed by atoms with Gasteiger partial charge in [-0.15, -0.1) is 10.2 Å². The molecular weight excluding hydrogens is 398 g/mol. The number of thioether (sulfide) groups is 1. The lowest BCUT2D eigenvalue weighted by molar-refractivity contribution is -0.118. The number of amides is 2. The van der Waals surface area contributed by atoms with Crippen LogP contribution in [-0.4, -0.2) is 38.9 Å². The molecule has 2 amide bonds. The van der Waals surface area contributed by atoms with Crippen molar-refractivity contribution in [3.05, 3.63) is 77.6 Å². The first-order valence-electron chi connectivity index (χ1n) is 9.73. The monoisotopic (exact) mass is 423 g/mol. The molecule has 0 aliphatic heterocycles. The Labute approximate surface area is 180 Å². The van der Waals surface area contributed by atoms with Gasteiger partial charge in [-0.2, -0.15) is 0 Å². The molecule has 3 rings (SSSR count). The summed E-state index contributed by atoms with van der Waals surface area (Å²) in [5.74, 6) is 0.668. The molecule has 1 atom stereocenters. The number of carbonyl (C=O) groups is 2. The van der Waals surface area contributed by atoms with Gasteiger partial charge in [0.2, 0.25) is 5.91 Å². The normalized spacial score (nSPS) is 11.7. The average Bonchev–Trinajstić information content (AvgIpc) is 3.14. The minimum atomic E-state index is -0.316. The van der Waals surface area contributed by atoms with Crippen LogP contribution in [0.3, 0.4) is 0 Å². The second-order valence-electron chi connectivity index (χ2n) is 6.84. The van der Waals surface area contributed by atoms with Crippen LogP contribution < -0.4 is 10.6 Å². The van der Waals surface area contributed by atoms with E-state index >= 15 is 0 Å². The van der Waals surface area contributed by atoms with Gasteiger partial charge in [-0.05, 0) is 31.0 Å². The average molecular weight is 424 g/mol. The van der Waals surface area contributed by atoms with E-state index in [0.717, 1.165) is 6.42 Å². The predicted octanol–water partition coefficient (Wildman–Crippen LogP) is 2.76. The number of hydrogen-bond acceptors (Lipinski definition) is 5. The zero-order valence-corrected chi connectivity index (χ0v) is 17.9. The molecule has 2 N–H and O–H groups in total. The van der Waals surface area contributed by atoms with Crippen molar-refractivity contribution in [3.63, 3.8) is 0 Å². The molecule has 0 saturated heterocycles. The van der Waals surface area contributed by atoms with Crippen molar-refractivity contribution < 1.29 is 9.59 Å².